The van der Waals surface area contributed by atoms with Gasteiger partial charge in [0.15, 0.2) is 5.78 Å². The second-order valence-corrected chi connectivity index (χ2v) is 4.62. The van der Waals surface area contributed by atoms with Crippen LogP contribution in [0.1, 0.15) is 21.5 Å². The Bertz CT molecular complexity index is 663. The maximum absolute atomic E-state index is 12.1. The fourth-order valence-electron chi connectivity index (χ4n) is 2.33. The van der Waals surface area contributed by atoms with Crippen molar-refractivity contribution in [2.24, 2.45) is 0 Å². The maximum Gasteiger partial charge on any atom is 0.189 e. The molecule has 0 bridgehead atoms. The average molecular weight is 246 g/mol. The first kappa shape index (κ1) is 11.7. The molecule has 0 N–H and O–H groups in total. The van der Waals surface area contributed by atoms with Crippen LogP contribution in [-0.4, -0.2) is 5.78 Å². The Kier molecular flexibility index (Phi) is 3.11. The van der Waals surface area contributed by atoms with Crippen LogP contribution in [-0.2, 0) is 6.42 Å². The number of rotatable bonds is 2. The molecule has 0 unspecified atom stereocenters. The van der Waals surface area contributed by atoms with Crippen LogP contribution in [0.3, 0.4) is 0 Å². The van der Waals surface area contributed by atoms with Gasteiger partial charge >= 0.3 is 0 Å². The fraction of sp³-hybridized carbons (Fsp3) is 0.0556. The first-order valence-corrected chi connectivity index (χ1v) is 6.39. The third-order valence-electron chi connectivity index (χ3n) is 3.32. The molecule has 2 aromatic carbocycles. The van der Waals surface area contributed by atoms with Crippen LogP contribution in [0, 0.1) is 0 Å². The third kappa shape index (κ3) is 2.41. The van der Waals surface area contributed by atoms with Gasteiger partial charge in [0, 0.05) is 17.6 Å². The summed E-state index contributed by atoms with van der Waals surface area (Å²) in [5, 5.41) is 0. The number of hydrogen-bond acceptors (Lipinski definition) is 1. The van der Waals surface area contributed by atoms with E-state index in [2.05, 4.69) is 0 Å². The molecule has 0 aliphatic heterocycles. The molecule has 0 aromatic heterocycles. The summed E-state index contributed by atoms with van der Waals surface area (Å²) in [6, 6.07) is 17.9. The summed E-state index contributed by atoms with van der Waals surface area (Å²) in [5.41, 5.74) is 3.99. The van der Waals surface area contributed by atoms with E-state index < -0.39 is 0 Å². The van der Waals surface area contributed by atoms with Crippen LogP contribution in [0.25, 0.3) is 6.08 Å². The molecule has 0 saturated carbocycles. The molecule has 0 atom stereocenters. The Morgan fingerprint density at radius 1 is 0.895 bits per heavy atom. The fourth-order valence-corrected chi connectivity index (χ4v) is 2.33. The first-order chi connectivity index (χ1) is 9.34. The standard InChI is InChI=1S/C18H14O/c19-18-16(13-15-10-4-5-12-17(15)18)11-6-9-14-7-2-1-3-8-14/h1-12H,13H2/b9-6+,16-11-. The molecular weight excluding hydrogens is 232 g/mol. The van der Waals surface area contributed by atoms with Gasteiger partial charge in [0.2, 0.25) is 0 Å². The minimum Gasteiger partial charge on any atom is -0.289 e. The van der Waals surface area contributed by atoms with Gasteiger partial charge in [0.05, 0.1) is 0 Å². The van der Waals surface area contributed by atoms with Crippen LogP contribution in [0.15, 0.2) is 72.3 Å². The van der Waals surface area contributed by atoms with E-state index in [1.165, 1.54) is 0 Å². The Labute approximate surface area is 112 Å². The molecule has 2 aromatic rings. The van der Waals surface area contributed by atoms with Gasteiger partial charge in [-0.15, -0.1) is 0 Å². The third-order valence-corrected chi connectivity index (χ3v) is 3.32. The molecule has 1 aliphatic rings. The zero-order valence-electron chi connectivity index (χ0n) is 10.5. The van der Waals surface area contributed by atoms with Gasteiger partial charge < -0.3 is 0 Å². The largest absolute Gasteiger partial charge is 0.289 e. The molecule has 0 radical (unpaired) electrons. The van der Waals surface area contributed by atoms with Crippen LogP contribution < -0.4 is 0 Å². The lowest BCUT2D eigenvalue weighted by Crippen LogP contribution is -1.94. The summed E-state index contributed by atoms with van der Waals surface area (Å²) in [4.78, 5) is 12.1. The van der Waals surface area contributed by atoms with E-state index in [1.54, 1.807) is 0 Å². The second kappa shape index (κ2) is 5.07. The van der Waals surface area contributed by atoms with Crippen LogP contribution in [0.4, 0.5) is 0 Å². The van der Waals surface area contributed by atoms with E-state index in [0.29, 0.717) is 0 Å². The van der Waals surface area contributed by atoms with E-state index in [-0.39, 0.29) is 5.78 Å². The zero-order chi connectivity index (χ0) is 13.1. The van der Waals surface area contributed by atoms with E-state index in [9.17, 15) is 4.79 Å². The van der Waals surface area contributed by atoms with Crippen molar-refractivity contribution in [2.45, 2.75) is 6.42 Å². The number of carbonyl (C=O) groups excluding carboxylic acids is 1. The van der Waals surface area contributed by atoms with Crippen molar-refractivity contribution < 1.29 is 4.79 Å². The number of carbonyl (C=O) groups is 1. The molecule has 3 rings (SSSR count). The van der Waals surface area contributed by atoms with Gasteiger partial charge in [-0.1, -0.05) is 72.8 Å². The van der Waals surface area contributed by atoms with Crippen LogP contribution in [0.5, 0.6) is 0 Å². The summed E-state index contributed by atoms with van der Waals surface area (Å²) in [5.74, 6) is 0.160. The molecule has 0 saturated heterocycles. The summed E-state index contributed by atoms with van der Waals surface area (Å²) >= 11 is 0. The lowest BCUT2D eigenvalue weighted by molar-refractivity contribution is 0.103. The minimum atomic E-state index is 0.160. The van der Waals surface area contributed by atoms with Crippen molar-refractivity contribution in [3.05, 3.63) is 89.0 Å². The molecule has 0 spiro atoms. The van der Waals surface area contributed by atoms with Crippen molar-refractivity contribution >= 4 is 11.9 Å². The molecule has 1 heteroatoms. The molecule has 0 amide bonds. The molecule has 92 valence electrons. The number of ketones is 1. The highest BCUT2D eigenvalue weighted by Gasteiger charge is 2.23. The van der Waals surface area contributed by atoms with Crippen molar-refractivity contribution in [3.63, 3.8) is 0 Å². The number of benzene rings is 2. The number of fused-ring (bicyclic) bond motifs is 1. The van der Waals surface area contributed by atoms with Gasteiger partial charge in [-0.05, 0) is 11.1 Å². The average Bonchev–Trinajstić information content (AvgIpc) is 2.78. The number of allylic oxidation sites excluding steroid dienone is 3. The lowest BCUT2D eigenvalue weighted by Gasteiger charge is -1.92. The molecule has 1 nitrogen and oxygen atoms in total. The van der Waals surface area contributed by atoms with E-state index >= 15 is 0 Å². The highest BCUT2D eigenvalue weighted by molar-refractivity contribution is 6.13. The van der Waals surface area contributed by atoms with E-state index in [1.807, 2.05) is 72.8 Å². The van der Waals surface area contributed by atoms with Crippen molar-refractivity contribution in [1.29, 1.82) is 0 Å². The predicted octanol–water partition coefficient (Wildman–Crippen LogP) is 4.07. The number of hydrogen-bond donors (Lipinski definition) is 0. The molecular formula is C18H14O. The Balaban J connectivity index is 1.80. The van der Waals surface area contributed by atoms with Crippen molar-refractivity contribution in [3.8, 4) is 0 Å². The van der Waals surface area contributed by atoms with Gasteiger partial charge in [-0.3, -0.25) is 4.79 Å². The lowest BCUT2D eigenvalue weighted by atomic mass is 10.1. The van der Waals surface area contributed by atoms with Gasteiger partial charge in [0.1, 0.15) is 0 Å². The van der Waals surface area contributed by atoms with Gasteiger partial charge in [-0.2, -0.15) is 0 Å². The topological polar surface area (TPSA) is 17.1 Å². The molecule has 19 heavy (non-hydrogen) atoms. The molecule has 0 fully saturated rings. The van der Waals surface area contributed by atoms with Crippen LogP contribution in [0.2, 0.25) is 0 Å². The molecule has 1 aliphatic carbocycles. The number of Topliss-reactive ketones (excluding diaryl/α,β-unsaturated/α-hetero) is 1. The zero-order valence-corrected chi connectivity index (χ0v) is 10.5. The van der Waals surface area contributed by atoms with E-state index in [4.69, 9.17) is 0 Å². The highest BCUT2D eigenvalue weighted by atomic mass is 16.1. The van der Waals surface area contributed by atoms with Gasteiger partial charge in [0.25, 0.3) is 0 Å². The first-order valence-electron chi connectivity index (χ1n) is 6.39. The SMILES string of the molecule is O=C1/C(=C\C=C\c2ccccc2)Cc2ccccc21. The maximum atomic E-state index is 12.1. The highest BCUT2D eigenvalue weighted by Crippen LogP contribution is 2.25. The van der Waals surface area contributed by atoms with Gasteiger partial charge in [-0.25, -0.2) is 0 Å². The Morgan fingerprint density at radius 2 is 1.63 bits per heavy atom. The van der Waals surface area contributed by atoms with Crippen LogP contribution >= 0.6 is 0 Å². The van der Waals surface area contributed by atoms with E-state index in [0.717, 1.165) is 28.7 Å². The summed E-state index contributed by atoms with van der Waals surface area (Å²) in [6.45, 7) is 0. The summed E-state index contributed by atoms with van der Waals surface area (Å²) in [6.07, 6.45) is 6.64. The second-order valence-electron chi connectivity index (χ2n) is 4.62. The summed E-state index contributed by atoms with van der Waals surface area (Å²) in [7, 11) is 0. The Hall–Kier alpha value is -2.41. The normalized spacial score (nSPS) is 16.2. The summed E-state index contributed by atoms with van der Waals surface area (Å²) < 4.78 is 0. The smallest absolute Gasteiger partial charge is 0.189 e. The molecule has 0 heterocycles. The Morgan fingerprint density at radius 3 is 2.42 bits per heavy atom. The van der Waals surface area contributed by atoms with Crippen molar-refractivity contribution in [1.82, 2.24) is 0 Å². The quantitative estimate of drug-likeness (QED) is 0.730. The predicted molar refractivity (Wildman–Crippen MR) is 78.0 cm³/mol. The minimum absolute atomic E-state index is 0.160. The van der Waals surface area contributed by atoms with Crippen molar-refractivity contribution in [2.75, 3.05) is 0 Å². The monoisotopic (exact) mass is 246 g/mol.